The van der Waals surface area contributed by atoms with E-state index in [-0.39, 0.29) is 11.9 Å². The largest absolute Gasteiger partial charge is 0.499 e. The van der Waals surface area contributed by atoms with Crippen molar-refractivity contribution < 1.29 is 13.7 Å². The average molecular weight is 280 g/mol. The van der Waals surface area contributed by atoms with Gasteiger partial charge in [0.1, 0.15) is 11.6 Å². The minimum absolute atomic E-state index is 0.199. The van der Waals surface area contributed by atoms with Crippen LogP contribution in [0.2, 0.25) is 0 Å². The lowest BCUT2D eigenvalue weighted by molar-refractivity contribution is 0.00578. The van der Waals surface area contributed by atoms with E-state index in [0.29, 0.717) is 11.3 Å². The number of nitrogens with zero attached hydrogens (tertiary/aromatic N) is 1. The lowest BCUT2D eigenvalue weighted by Crippen LogP contribution is -2.41. The van der Waals surface area contributed by atoms with Gasteiger partial charge in [-0.05, 0) is 41.5 Å². The maximum atomic E-state index is 14.2. The van der Waals surface area contributed by atoms with Crippen molar-refractivity contribution in [1.29, 1.82) is 0 Å². The van der Waals surface area contributed by atoms with E-state index in [1.54, 1.807) is 0 Å². The molecule has 1 N–H and O–H groups in total. The van der Waals surface area contributed by atoms with Gasteiger partial charge in [0.2, 0.25) is 0 Å². The Morgan fingerprint density at radius 3 is 2.20 bits per heavy atom. The van der Waals surface area contributed by atoms with Gasteiger partial charge in [0, 0.05) is 23.8 Å². The molecule has 0 unspecified atom stereocenters. The van der Waals surface area contributed by atoms with Crippen molar-refractivity contribution in [3.05, 3.63) is 18.1 Å². The zero-order valence-electron chi connectivity index (χ0n) is 13.0. The number of pyridine rings is 1. The number of hydrogen-bond donors (Lipinski definition) is 1. The van der Waals surface area contributed by atoms with E-state index in [4.69, 9.17) is 9.31 Å². The highest BCUT2D eigenvalue weighted by Gasteiger charge is 2.52. The molecule has 0 saturated carbocycles. The molecular formula is C14H22BFN2O2. The highest BCUT2D eigenvalue weighted by atomic mass is 19.1. The quantitative estimate of drug-likeness (QED) is 0.863. The second kappa shape index (κ2) is 5.00. The molecule has 1 saturated heterocycles. The molecule has 1 aliphatic heterocycles. The van der Waals surface area contributed by atoms with Gasteiger partial charge >= 0.3 is 7.12 Å². The van der Waals surface area contributed by atoms with Crippen molar-refractivity contribution in [1.82, 2.24) is 4.98 Å². The summed E-state index contributed by atoms with van der Waals surface area (Å²) < 4.78 is 25.9. The monoisotopic (exact) mass is 280 g/mol. The molecule has 0 bridgehead atoms. The summed E-state index contributed by atoms with van der Waals surface area (Å²) in [6.45, 7) is 11.7. The minimum atomic E-state index is -0.722. The molecule has 1 aliphatic rings. The molecule has 2 heterocycles. The summed E-state index contributed by atoms with van der Waals surface area (Å²) >= 11 is 0. The Kier molecular flexibility index (Phi) is 3.82. The van der Waals surface area contributed by atoms with Gasteiger partial charge < -0.3 is 14.6 Å². The zero-order valence-corrected chi connectivity index (χ0v) is 13.0. The molecule has 4 nitrogen and oxygen atoms in total. The molecular weight excluding hydrogens is 258 g/mol. The molecule has 0 amide bonds. The summed E-state index contributed by atoms with van der Waals surface area (Å²) in [7, 11) is -0.722. The third-order valence-electron chi connectivity index (χ3n) is 3.83. The van der Waals surface area contributed by atoms with Crippen LogP contribution >= 0.6 is 0 Å². The summed E-state index contributed by atoms with van der Waals surface area (Å²) in [5, 5.41) is 3.06. The van der Waals surface area contributed by atoms with E-state index >= 15 is 0 Å². The standard InChI is InChI=1S/C14H22BFN2O2/c1-9(2)18-12-7-11(16)10(8-17-12)15-19-13(3,4)14(5,6)20-15/h7-9H,1-6H3,(H,17,18). The summed E-state index contributed by atoms with van der Waals surface area (Å²) in [5.74, 6) is 0.138. The number of halogens is 1. The highest BCUT2D eigenvalue weighted by molar-refractivity contribution is 6.62. The van der Waals surface area contributed by atoms with Crippen molar-refractivity contribution in [2.45, 2.75) is 58.8 Å². The normalized spacial score (nSPS) is 20.5. The van der Waals surface area contributed by atoms with Crippen LogP contribution in [0.25, 0.3) is 0 Å². The highest BCUT2D eigenvalue weighted by Crippen LogP contribution is 2.36. The smallest absolute Gasteiger partial charge is 0.399 e. The topological polar surface area (TPSA) is 43.4 Å². The van der Waals surface area contributed by atoms with Crippen molar-refractivity contribution in [2.24, 2.45) is 0 Å². The van der Waals surface area contributed by atoms with Crippen molar-refractivity contribution in [3.63, 3.8) is 0 Å². The van der Waals surface area contributed by atoms with E-state index in [1.807, 2.05) is 41.5 Å². The second-order valence-corrected chi connectivity index (χ2v) is 6.48. The molecule has 1 aromatic rings. The molecule has 1 aromatic heterocycles. The van der Waals surface area contributed by atoms with Crippen LogP contribution in [-0.4, -0.2) is 29.3 Å². The van der Waals surface area contributed by atoms with Crippen LogP contribution in [0.15, 0.2) is 12.3 Å². The maximum Gasteiger partial charge on any atom is 0.499 e. The van der Waals surface area contributed by atoms with Crippen LogP contribution in [0.4, 0.5) is 10.2 Å². The predicted octanol–water partition coefficient (Wildman–Crippen LogP) is 2.34. The van der Waals surface area contributed by atoms with Crippen molar-refractivity contribution >= 4 is 18.4 Å². The van der Waals surface area contributed by atoms with Crippen LogP contribution in [-0.2, 0) is 9.31 Å². The van der Waals surface area contributed by atoms with Gasteiger partial charge in [-0.3, -0.25) is 0 Å². The van der Waals surface area contributed by atoms with Crippen molar-refractivity contribution in [2.75, 3.05) is 5.32 Å². The number of aromatic nitrogens is 1. The maximum absolute atomic E-state index is 14.2. The number of nitrogens with one attached hydrogen (secondary N) is 1. The van der Waals surface area contributed by atoms with Crippen LogP contribution in [0.1, 0.15) is 41.5 Å². The second-order valence-electron chi connectivity index (χ2n) is 6.48. The first-order valence-electron chi connectivity index (χ1n) is 6.90. The van der Waals surface area contributed by atoms with Crippen LogP contribution in [0, 0.1) is 5.82 Å². The first kappa shape index (κ1) is 15.3. The Labute approximate surface area is 120 Å². The van der Waals surface area contributed by atoms with Crippen LogP contribution < -0.4 is 10.8 Å². The third-order valence-corrected chi connectivity index (χ3v) is 3.83. The van der Waals surface area contributed by atoms with Gasteiger partial charge in [0.25, 0.3) is 0 Å². The molecule has 1 fully saturated rings. The fraction of sp³-hybridized carbons (Fsp3) is 0.643. The van der Waals surface area contributed by atoms with Crippen molar-refractivity contribution in [3.8, 4) is 0 Å². The minimum Gasteiger partial charge on any atom is -0.399 e. The van der Waals surface area contributed by atoms with Gasteiger partial charge in [-0.2, -0.15) is 0 Å². The van der Waals surface area contributed by atoms with Gasteiger partial charge in [0.15, 0.2) is 0 Å². The molecule has 0 radical (unpaired) electrons. The summed E-state index contributed by atoms with van der Waals surface area (Å²) in [4.78, 5) is 4.21. The van der Waals surface area contributed by atoms with E-state index in [1.165, 1.54) is 12.3 Å². The molecule has 0 aliphatic carbocycles. The molecule has 6 heteroatoms. The molecule has 2 rings (SSSR count). The van der Waals surface area contributed by atoms with Crippen LogP contribution in [0.3, 0.4) is 0 Å². The van der Waals surface area contributed by atoms with E-state index in [9.17, 15) is 4.39 Å². The first-order valence-corrected chi connectivity index (χ1v) is 6.90. The van der Waals surface area contributed by atoms with E-state index in [2.05, 4.69) is 10.3 Å². The zero-order chi connectivity index (χ0) is 15.1. The lowest BCUT2D eigenvalue weighted by atomic mass is 9.80. The predicted molar refractivity (Wildman–Crippen MR) is 78.7 cm³/mol. The molecule has 110 valence electrons. The molecule has 0 aromatic carbocycles. The van der Waals surface area contributed by atoms with E-state index < -0.39 is 18.3 Å². The molecule has 0 atom stereocenters. The first-order chi connectivity index (χ1) is 9.12. The van der Waals surface area contributed by atoms with Gasteiger partial charge in [-0.1, -0.05) is 0 Å². The summed E-state index contributed by atoms with van der Waals surface area (Å²) in [6.07, 6.45) is 1.47. The van der Waals surface area contributed by atoms with Crippen LogP contribution in [0.5, 0.6) is 0 Å². The Balaban J connectivity index is 2.23. The summed E-state index contributed by atoms with van der Waals surface area (Å²) in [5.41, 5.74) is -0.643. The van der Waals surface area contributed by atoms with Gasteiger partial charge in [-0.15, -0.1) is 0 Å². The fourth-order valence-corrected chi connectivity index (χ4v) is 1.96. The number of rotatable bonds is 3. The summed E-state index contributed by atoms with van der Waals surface area (Å²) in [6, 6.07) is 1.57. The number of hydrogen-bond acceptors (Lipinski definition) is 4. The average Bonchev–Trinajstić information content (AvgIpc) is 2.46. The molecule has 20 heavy (non-hydrogen) atoms. The number of anilines is 1. The Bertz CT molecular complexity index is 490. The third kappa shape index (κ3) is 2.81. The fourth-order valence-electron chi connectivity index (χ4n) is 1.96. The lowest BCUT2D eigenvalue weighted by Gasteiger charge is -2.32. The molecule has 0 spiro atoms. The van der Waals surface area contributed by atoms with Gasteiger partial charge in [0.05, 0.1) is 11.2 Å². The Morgan fingerprint density at radius 2 is 1.75 bits per heavy atom. The van der Waals surface area contributed by atoms with Gasteiger partial charge in [-0.25, -0.2) is 9.37 Å². The Hall–Kier alpha value is -1.14. The Morgan fingerprint density at radius 1 is 1.20 bits per heavy atom. The van der Waals surface area contributed by atoms with E-state index in [0.717, 1.165) is 0 Å². The SMILES string of the molecule is CC(C)Nc1cc(F)c(B2OC(C)(C)C(C)(C)O2)cn1.